The molecule has 1 amide bonds. The Morgan fingerprint density at radius 2 is 2.09 bits per heavy atom. The number of para-hydroxylation sites is 1. The van der Waals surface area contributed by atoms with Crippen LogP contribution < -0.4 is 10.1 Å². The van der Waals surface area contributed by atoms with Crippen molar-refractivity contribution in [1.29, 1.82) is 0 Å². The molecule has 1 heterocycles. The third-order valence-corrected chi connectivity index (χ3v) is 4.13. The Morgan fingerprint density at radius 1 is 1.32 bits per heavy atom. The lowest BCUT2D eigenvalue weighted by Crippen LogP contribution is -2.34. The molecule has 0 atom stereocenters. The summed E-state index contributed by atoms with van der Waals surface area (Å²) in [6.45, 7) is 0.143. The summed E-state index contributed by atoms with van der Waals surface area (Å²) in [4.78, 5) is 12.3. The number of nitrogens with zero attached hydrogens (tertiary/aromatic N) is 2. The highest BCUT2D eigenvalue weighted by molar-refractivity contribution is 6.32. The fraction of sp³-hybridized carbons (Fsp3) is 0.375. The summed E-state index contributed by atoms with van der Waals surface area (Å²) in [5.41, 5.74) is 0.499. The van der Waals surface area contributed by atoms with E-state index in [1.165, 1.54) is 17.5 Å². The van der Waals surface area contributed by atoms with Gasteiger partial charge < -0.3 is 10.1 Å². The number of halogens is 1. The topological polar surface area (TPSA) is 56.2 Å². The zero-order chi connectivity index (χ0) is 15.4. The van der Waals surface area contributed by atoms with E-state index in [0.717, 1.165) is 12.8 Å². The van der Waals surface area contributed by atoms with Crippen LogP contribution in [0.15, 0.2) is 36.5 Å². The van der Waals surface area contributed by atoms with Gasteiger partial charge in [0.05, 0.1) is 5.02 Å². The summed E-state index contributed by atoms with van der Waals surface area (Å²) in [7, 11) is 0. The second kappa shape index (κ2) is 6.83. The Hall–Kier alpha value is -2.01. The fourth-order valence-corrected chi connectivity index (χ4v) is 2.84. The predicted octanol–water partition coefficient (Wildman–Crippen LogP) is 3.25. The molecular formula is C16H18ClN3O2. The first-order valence-electron chi connectivity index (χ1n) is 7.44. The third-order valence-electron chi connectivity index (χ3n) is 3.82. The lowest BCUT2D eigenvalue weighted by Gasteiger charge is -2.13. The molecule has 1 aromatic carbocycles. The van der Waals surface area contributed by atoms with Crippen molar-refractivity contribution in [3.05, 3.63) is 47.2 Å². The van der Waals surface area contributed by atoms with Crippen molar-refractivity contribution in [2.24, 2.45) is 0 Å². The molecule has 1 saturated carbocycles. The van der Waals surface area contributed by atoms with Crippen molar-refractivity contribution in [2.45, 2.75) is 38.5 Å². The van der Waals surface area contributed by atoms with E-state index in [0.29, 0.717) is 16.5 Å². The van der Waals surface area contributed by atoms with E-state index in [4.69, 9.17) is 16.3 Å². The first-order valence-corrected chi connectivity index (χ1v) is 7.82. The van der Waals surface area contributed by atoms with E-state index in [1.807, 2.05) is 12.1 Å². The number of aromatic nitrogens is 2. The van der Waals surface area contributed by atoms with Crippen LogP contribution in [-0.4, -0.2) is 21.7 Å². The largest absolute Gasteiger partial charge is 0.470 e. The number of benzene rings is 1. The number of carbonyl (C=O) groups is 1. The highest BCUT2D eigenvalue weighted by Gasteiger charge is 2.20. The van der Waals surface area contributed by atoms with Gasteiger partial charge in [0.25, 0.3) is 5.91 Å². The highest BCUT2D eigenvalue weighted by atomic mass is 35.5. The number of nitrogens with one attached hydrogen (secondary N) is 1. The van der Waals surface area contributed by atoms with E-state index in [1.54, 1.807) is 24.4 Å². The average molecular weight is 320 g/mol. The van der Waals surface area contributed by atoms with Gasteiger partial charge in [-0.25, -0.2) is 4.68 Å². The normalized spacial score (nSPS) is 15.0. The SMILES string of the molecule is O=C(NC1CCCC1)c1ccnn1COc1ccccc1Cl. The first kappa shape index (κ1) is 14.9. The Balaban J connectivity index is 1.64. The summed E-state index contributed by atoms with van der Waals surface area (Å²) < 4.78 is 7.17. The van der Waals surface area contributed by atoms with Crippen LogP contribution >= 0.6 is 11.6 Å². The minimum Gasteiger partial charge on any atom is -0.470 e. The van der Waals surface area contributed by atoms with E-state index in [9.17, 15) is 4.79 Å². The molecule has 116 valence electrons. The van der Waals surface area contributed by atoms with Crippen molar-refractivity contribution in [1.82, 2.24) is 15.1 Å². The van der Waals surface area contributed by atoms with Crippen LogP contribution in [0.4, 0.5) is 0 Å². The number of ether oxygens (including phenoxy) is 1. The molecule has 22 heavy (non-hydrogen) atoms. The van der Waals surface area contributed by atoms with Crippen LogP contribution in [0.25, 0.3) is 0 Å². The molecule has 1 aliphatic carbocycles. The second-order valence-corrected chi connectivity index (χ2v) is 5.78. The smallest absolute Gasteiger partial charge is 0.269 e. The van der Waals surface area contributed by atoms with Gasteiger partial charge in [0.2, 0.25) is 0 Å². The van der Waals surface area contributed by atoms with E-state index in [2.05, 4.69) is 10.4 Å². The van der Waals surface area contributed by atoms with Crippen LogP contribution in [0.2, 0.25) is 5.02 Å². The van der Waals surface area contributed by atoms with Crippen LogP contribution in [-0.2, 0) is 6.73 Å². The molecule has 0 unspecified atom stereocenters. The molecule has 1 aromatic heterocycles. The van der Waals surface area contributed by atoms with E-state index in [-0.39, 0.29) is 18.7 Å². The van der Waals surface area contributed by atoms with E-state index < -0.39 is 0 Å². The van der Waals surface area contributed by atoms with Gasteiger partial charge in [0.1, 0.15) is 11.4 Å². The maximum atomic E-state index is 12.3. The molecule has 0 saturated heterocycles. The van der Waals surface area contributed by atoms with Crippen LogP contribution in [0.1, 0.15) is 36.2 Å². The molecule has 1 N–H and O–H groups in total. The lowest BCUT2D eigenvalue weighted by molar-refractivity contribution is 0.0916. The maximum absolute atomic E-state index is 12.3. The second-order valence-electron chi connectivity index (χ2n) is 5.37. The molecule has 0 radical (unpaired) electrons. The van der Waals surface area contributed by atoms with Gasteiger partial charge in [-0.05, 0) is 31.0 Å². The van der Waals surface area contributed by atoms with Gasteiger partial charge in [-0.1, -0.05) is 36.6 Å². The zero-order valence-corrected chi connectivity index (χ0v) is 12.9. The zero-order valence-electron chi connectivity index (χ0n) is 12.2. The van der Waals surface area contributed by atoms with Crippen molar-refractivity contribution in [2.75, 3.05) is 0 Å². The fourth-order valence-electron chi connectivity index (χ4n) is 2.65. The predicted molar refractivity (Wildman–Crippen MR) is 84.0 cm³/mol. The minimum absolute atomic E-state index is 0.104. The van der Waals surface area contributed by atoms with Crippen molar-refractivity contribution in [3.63, 3.8) is 0 Å². The Labute approximate surface area is 134 Å². The van der Waals surface area contributed by atoms with Crippen LogP contribution in [0.5, 0.6) is 5.75 Å². The number of amides is 1. The summed E-state index contributed by atoms with van der Waals surface area (Å²) in [6, 6.07) is 9.19. The molecule has 5 nitrogen and oxygen atoms in total. The van der Waals surface area contributed by atoms with Gasteiger partial charge in [0.15, 0.2) is 6.73 Å². The monoisotopic (exact) mass is 319 g/mol. The number of rotatable bonds is 5. The molecule has 3 rings (SSSR count). The minimum atomic E-state index is -0.104. The lowest BCUT2D eigenvalue weighted by atomic mass is 10.2. The quantitative estimate of drug-likeness (QED) is 0.920. The molecule has 1 fully saturated rings. The first-order chi connectivity index (χ1) is 10.7. The van der Waals surface area contributed by atoms with Crippen molar-refractivity contribution < 1.29 is 9.53 Å². The third kappa shape index (κ3) is 3.42. The Bertz CT molecular complexity index is 650. The van der Waals surface area contributed by atoms with Crippen molar-refractivity contribution >= 4 is 17.5 Å². The summed E-state index contributed by atoms with van der Waals surface area (Å²) in [5.74, 6) is 0.467. The van der Waals surface area contributed by atoms with Gasteiger partial charge in [0, 0.05) is 12.2 Å². The average Bonchev–Trinajstić information content (AvgIpc) is 3.17. The maximum Gasteiger partial charge on any atom is 0.269 e. The van der Waals surface area contributed by atoms with Crippen LogP contribution in [0.3, 0.4) is 0 Å². The molecule has 0 aliphatic heterocycles. The Morgan fingerprint density at radius 3 is 2.86 bits per heavy atom. The molecule has 2 aromatic rings. The van der Waals surface area contributed by atoms with E-state index >= 15 is 0 Å². The number of carbonyl (C=O) groups excluding carboxylic acids is 1. The molecule has 1 aliphatic rings. The molecule has 0 spiro atoms. The molecule has 6 heteroatoms. The summed E-state index contributed by atoms with van der Waals surface area (Å²) in [5, 5.41) is 7.73. The van der Waals surface area contributed by atoms with Gasteiger partial charge in [-0.2, -0.15) is 5.10 Å². The summed E-state index contributed by atoms with van der Waals surface area (Å²) in [6.07, 6.45) is 6.06. The molecular weight excluding hydrogens is 302 g/mol. The van der Waals surface area contributed by atoms with Crippen LogP contribution in [0, 0.1) is 0 Å². The van der Waals surface area contributed by atoms with Gasteiger partial charge in [-0.15, -0.1) is 0 Å². The Kier molecular flexibility index (Phi) is 4.63. The highest BCUT2D eigenvalue weighted by Crippen LogP contribution is 2.23. The molecule has 0 bridgehead atoms. The summed E-state index contributed by atoms with van der Waals surface area (Å²) >= 11 is 6.05. The number of hydrogen-bond donors (Lipinski definition) is 1. The van der Waals surface area contributed by atoms with Gasteiger partial charge in [-0.3, -0.25) is 4.79 Å². The van der Waals surface area contributed by atoms with Gasteiger partial charge >= 0.3 is 0 Å². The number of hydrogen-bond acceptors (Lipinski definition) is 3. The standard InChI is InChI=1S/C16H18ClN3O2/c17-13-7-3-4-8-15(13)22-11-20-14(9-10-18-20)16(21)19-12-5-1-2-6-12/h3-4,7-10,12H,1-2,5-6,11H2,(H,19,21). The van der Waals surface area contributed by atoms with Crippen molar-refractivity contribution in [3.8, 4) is 5.75 Å².